The number of rotatable bonds is 2. The van der Waals surface area contributed by atoms with Crippen LogP contribution in [0.3, 0.4) is 0 Å². The lowest BCUT2D eigenvalue weighted by atomic mass is 10.1. The third-order valence-corrected chi connectivity index (χ3v) is 5.22. The smallest absolute Gasteiger partial charge is 0.411 e. The molecule has 0 saturated carbocycles. The van der Waals surface area contributed by atoms with Crippen molar-refractivity contribution in [2.75, 3.05) is 25.1 Å². The number of ether oxygens (including phenoxy) is 2. The summed E-state index contributed by atoms with van der Waals surface area (Å²) in [5.41, 5.74) is 1.94. The molecule has 6 heteroatoms. The molecule has 1 aromatic rings. The molecule has 0 radical (unpaired) electrons. The number of hydrogen-bond acceptors (Lipinski definition) is 5. The quantitative estimate of drug-likeness (QED) is 0.743. The summed E-state index contributed by atoms with van der Waals surface area (Å²) < 4.78 is 10.5. The fraction of sp³-hybridized carbons (Fsp3) is 0.619. The van der Waals surface area contributed by atoms with Crippen LogP contribution in [0.5, 0.6) is 0 Å². The number of likely N-dealkylation sites (tertiary alicyclic amines) is 1. The molecule has 0 aromatic heterocycles. The molecule has 148 valence electrons. The number of carbonyl (C=O) groups excluding carboxylic acids is 2. The Kier molecular flexibility index (Phi) is 5.63. The third kappa shape index (κ3) is 4.37. The number of methoxy groups -OCH3 is 1. The second-order valence-electron chi connectivity index (χ2n) is 8.34. The largest absolute Gasteiger partial charge is 0.467 e. The summed E-state index contributed by atoms with van der Waals surface area (Å²) in [4.78, 5) is 29.0. The first-order valence-corrected chi connectivity index (χ1v) is 9.72. The number of fused-ring (bicyclic) bond motifs is 1. The fourth-order valence-corrected chi connectivity index (χ4v) is 4.02. The lowest BCUT2D eigenvalue weighted by molar-refractivity contribution is -0.145. The highest BCUT2D eigenvalue weighted by Gasteiger charge is 2.44. The second kappa shape index (κ2) is 7.79. The average Bonchev–Trinajstić information content (AvgIpc) is 2.94. The number of anilines is 1. The molecule has 3 rings (SSSR count). The Morgan fingerprint density at radius 2 is 1.89 bits per heavy atom. The molecule has 1 amide bonds. The van der Waals surface area contributed by atoms with Crippen LogP contribution >= 0.6 is 0 Å². The summed E-state index contributed by atoms with van der Waals surface area (Å²) in [5, 5.41) is 0. The van der Waals surface area contributed by atoms with Gasteiger partial charge in [-0.2, -0.15) is 0 Å². The highest BCUT2D eigenvalue weighted by molar-refractivity contribution is 5.82. The molecule has 0 bridgehead atoms. The monoisotopic (exact) mass is 374 g/mol. The van der Waals surface area contributed by atoms with E-state index in [9.17, 15) is 9.59 Å². The summed E-state index contributed by atoms with van der Waals surface area (Å²) in [5.74, 6) is -0.383. The van der Waals surface area contributed by atoms with E-state index < -0.39 is 17.7 Å². The van der Waals surface area contributed by atoms with Gasteiger partial charge in [-0.1, -0.05) is 18.2 Å². The Morgan fingerprint density at radius 1 is 1.15 bits per heavy atom. The van der Waals surface area contributed by atoms with Crippen LogP contribution < -0.4 is 4.90 Å². The van der Waals surface area contributed by atoms with Crippen molar-refractivity contribution in [3.8, 4) is 0 Å². The number of para-hydroxylation sites is 1. The summed E-state index contributed by atoms with van der Waals surface area (Å²) >= 11 is 0. The van der Waals surface area contributed by atoms with Crippen molar-refractivity contribution in [1.29, 1.82) is 0 Å². The lowest BCUT2D eigenvalue weighted by Crippen LogP contribution is -2.44. The van der Waals surface area contributed by atoms with Gasteiger partial charge < -0.3 is 14.4 Å². The van der Waals surface area contributed by atoms with Crippen molar-refractivity contribution in [1.82, 2.24) is 4.90 Å². The summed E-state index contributed by atoms with van der Waals surface area (Å²) in [6, 6.07) is 7.90. The van der Waals surface area contributed by atoms with Gasteiger partial charge in [0.25, 0.3) is 0 Å². The van der Waals surface area contributed by atoms with Gasteiger partial charge >= 0.3 is 12.1 Å². The Bertz CT molecular complexity index is 698. The number of carbonyl (C=O) groups is 2. The minimum Gasteiger partial charge on any atom is -0.467 e. The molecule has 2 aliphatic heterocycles. The summed E-state index contributed by atoms with van der Waals surface area (Å²) in [6.45, 7) is 6.88. The van der Waals surface area contributed by atoms with Gasteiger partial charge in [-0.05, 0) is 51.7 Å². The Hall–Kier alpha value is -2.24. The van der Waals surface area contributed by atoms with Gasteiger partial charge in [0.2, 0.25) is 0 Å². The van der Waals surface area contributed by atoms with Crippen molar-refractivity contribution in [3.63, 3.8) is 0 Å². The Labute approximate surface area is 161 Å². The molecule has 2 atom stereocenters. The molecule has 0 N–H and O–H groups in total. The van der Waals surface area contributed by atoms with E-state index in [-0.39, 0.29) is 12.0 Å². The first-order chi connectivity index (χ1) is 12.8. The Balaban J connectivity index is 1.85. The topological polar surface area (TPSA) is 59.1 Å². The van der Waals surface area contributed by atoms with Gasteiger partial charge in [-0.3, -0.25) is 4.90 Å². The van der Waals surface area contributed by atoms with E-state index in [4.69, 9.17) is 9.47 Å². The molecule has 0 aliphatic carbocycles. The van der Waals surface area contributed by atoms with Gasteiger partial charge in [-0.25, -0.2) is 9.59 Å². The zero-order valence-electron chi connectivity index (χ0n) is 16.7. The van der Waals surface area contributed by atoms with Crippen molar-refractivity contribution >= 4 is 17.7 Å². The molecule has 27 heavy (non-hydrogen) atoms. The van der Waals surface area contributed by atoms with E-state index in [1.54, 1.807) is 0 Å². The molecular formula is C21H30N2O4. The van der Waals surface area contributed by atoms with Gasteiger partial charge in [0.15, 0.2) is 0 Å². The lowest BCUT2D eigenvalue weighted by Gasteiger charge is -2.31. The van der Waals surface area contributed by atoms with E-state index in [0.29, 0.717) is 13.0 Å². The van der Waals surface area contributed by atoms with Crippen molar-refractivity contribution < 1.29 is 19.1 Å². The van der Waals surface area contributed by atoms with Crippen molar-refractivity contribution in [2.24, 2.45) is 0 Å². The standard InChI is InChI=1S/C21H30N2O4/c1-21(2,3)27-20(25)23-14-16(13-18(23)19(24)26-4)22-12-8-7-10-15-9-5-6-11-17(15)22/h5-6,9,11,16,18H,7-8,10,12-14H2,1-4H3/t16-,18-/m0/s1. The molecule has 0 spiro atoms. The van der Waals surface area contributed by atoms with Crippen LogP contribution in [0.15, 0.2) is 24.3 Å². The first-order valence-electron chi connectivity index (χ1n) is 9.72. The van der Waals surface area contributed by atoms with Crippen LogP contribution in [0.2, 0.25) is 0 Å². The van der Waals surface area contributed by atoms with Gasteiger partial charge in [0.05, 0.1) is 7.11 Å². The number of nitrogens with zero attached hydrogens (tertiary/aromatic N) is 2. The molecule has 0 unspecified atom stereocenters. The predicted molar refractivity (Wildman–Crippen MR) is 104 cm³/mol. The van der Waals surface area contributed by atoms with Crippen LogP contribution in [0.25, 0.3) is 0 Å². The maximum absolute atomic E-state index is 12.7. The molecule has 2 heterocycles. The minimum absolute atomic E-state index is 0.0702. The van der Waals surface area contributed by atoms with Crippen LogP contribution in [0, 0.1) is 0 Å². The van der Waals surface area contributed by atoms with Crippen LogP contribution in [-0.2, 0) is 20.7 Å². The summed E-state index contributed by atoms with van der Waals surface area (Å²) in [6.07, 6.45) is 3.41. The van der Waals surface area contributed by atoms with Crippen LogP contribution in [-0.4, -0.2) is 54.8 Å². The highest BCUT2D eigenvalue weighted by Crippen LogP contribution is 2.33. The number of hydrogen-bond donors (Lipinski definition) is 0. The van der Waals surface area contributed by atoms with Crippen molar-refractivity contribution in [2.45, 2.75) is 64.1 Å². The normalized spacial score (nSPS) is 22.8. The minimum atomic E-state index is -0.606. The molecule has 1 saturated heterocycles. The second-order valence-corrected chi connectivity index (χ2v) is 8.34. The highest BCUT2D eigenvalue weighted by atomic mass is 16.6. The molecular weight excluding hydrogens is 344 g/mol. The van der Waals surface area contributed by atoms with Gasteiger partial charge in [0.1, 0.15) is 11.6 Å². The van der Waals surface area contributed by atoms with Crippen molar-refractivity contribution in [3.05, 3.63) is 29.8 Å². The number of benzene rings is 1. The zero-order valence-corrected chi connectivity index (χ0v) is 16.7. The van der Waals surface area contributed by atoms with Gasteiger partial charge in [0, 0.05) is 31.2 Å². The first kappa shape index (κ1) is 19.5. The van der Waals surface area contributed by atoms with E-state index in [2.05, 4.69) is 29.2 Å². The van der Waals surface area contributed by atoms with E-state index in [0.717, 1.165) is 25.8 Å². The SMILES string of the molecule is COC(=O)[C@@H]1C[C@H](N2CCCCc3ccccc32)CN1C(=O)OC(C)(C)C. The van der Waals surface area contributed by atoms with E-state index in [1.165, 1.54) is 23.3 Å². The van der Waals surface area contributed by atoms with E-state index >= 15 is 0 Å². The van der Waals surface area contributed by atoms with Crippen LogP contribution in [0.4, 0.5) is 10.5 Å². The van der Waals surface area contributed by atoms with Gasteiger partial charge in [-0.15, -0.1) is 0 Å². The molecule has 6 nitrogen and oxygen atoms in total. The maximum Gasteiger partial charge on any atom is 0.411 e. The van der Waals surface area contributed by atoms with E-state index in [1.807, 2.05) is 20.8 Å². The number of esters is 1. The fourth-order valence-electron chi connectivity index (χ4n) is 4.02. The molecule has 1 aromatic carbocycles. The summed E-state index contributed by atoms with van der Waals surface area (Å²) in [7, 11) is 1.37. The zero-order chi connectivity index (χ0) is 19.6. The third-order valence-electron chi connectivity index (χ3n) is 5.22. The number of aryl methyl sites for hydroxylation is 1. The average molecular weight is 374 g/mol. The maximum atomic E-state index is 12.7. The van der Waals surface area contributed by atoms with Crippen LogP contribution in [0.1, 0.15) is 45.6 Å². The Morgan fingerprint density at radius 3 is 2.59 bits per heavy atom. The molecule has 1 fully saturated rings. The molecule has 2 aliphatic rings. The number of amides is 1. The predicted octanol–water partition coefficient (Wildman–Crippen LogP) is 3.38.